The third kappa shape index (κ3) is 2.51. The summed E-state index contributed by atoms with van der Waals surface area (Å²) in [7, 11) is 0. The van der Waals surface area contributed by atoms with Crippen molar-refractivity contribution in [1.82, 2.24) is 0 Å². The molecule has 136 valence electrons. The number of allylic oxidation sites excluding steroid dienone is 1. The Bertz CT molecular complexity index is 522. The number of hydrogen-bond donors (Lipinski definition) is 2. The minimum absolute atomic E-state index is 0.344. The zero-order valence-electron chi connectivity index (χ0n) is 15.8. The van der Waals surface area contributed by atoms with Crippen molar-refractivity contribution in [3.63, 3.8) is 0 Å². The van der Waals surface area contributed by atoms with Gasteiger partial charge < -0.3 is 10.2 Å². The van der Waals surface area contributed by atoms with Crippen molar-refractivity contribution in [2.45, 2.75) is 77.7 Å². The summed E-state index contributed by atoms with van der Waals surface area (Å²) in [4.78, 5) is 0. The molecule has 0 aliphatic heterocycles. The summed E-state index contributed by atoms with van der Waals surface area (Å²) in [5, 5.41) is 20.2. The van der Waals surface area contributed by atoms with Gasteiger partial charge in [0.1, 0.15) is 0 Å². The molecule has 0 saturated heterocycles. The summed E-state index contributed by atoms with van der Waals surface area (Å²) in [6.07, 6.45) is 12.3. The van der Waals surface area contributed by atoms with Crippen molar-refractivity contribution in [3.8, 4) is 0 Å². The Balaban J connectivity index is 1.58. The van der Waals surface area contributed by atoms with Gasteiger partial charge in [0.05, 0.1) is 5.60 Å². The molecular weight excluding hydrogens is 296 g/mol. The Morgan fingerprint density at radius 1 is 1.08 bits per heavy atom. The molecule has 0 bridgehead atoms. The Morgan fingerprint density at radius 3 is 2.58 bits per heavy atom. The third-order valence-corrected chi connectivity index (χ3v) is 8.77. The quantitative estimate of drug-likeness (QED) is 0.728. The van der Waals surface area contributed by atoms with Gasteiger partial charge in [0.2, 0.25) is 0 Å². The monoisotopic (exact) mass is 332 g/mol. The second-order valence-electron chi connectivity index (χ2n) is 10.1. The zero-order valence-corrected chi connectivity index (χ0v) is 15.8. The lowest BCUT2D eigenvalue weighted by Crippen LogP contribution is -2.49. The van der Waals surface area contributed by atoms with Crippen LogP contribution in [0.15, 0.2) is 11.6 Å². The van der Waals surface area contributed by atoms with E-state index in [-0.39, 0.29) is 0 Å². The van der Waals surface area contributed by atoms with E-state index in [2.05, 4.69) is 19.9 Å². The van der Waals surface area contributed by atoms with Crippen LogP contribution in [0.3, 0.4) is 0 Å². The molecule has 1 unspecified atom stereocenters. The van der Waals surface area contributed by atoms with Gasteiger partial charge in [-0.1, -0.05) is 25.5 Å². The molecule has 3 saturated carbocycles. The van der Waals surface area contributed by atoms with E-state index in [9.17, 15) is 10.2 Å². The van der Waals surface area contributed by atoms with Gasteiger partial charge in [0.15, 0.2) is 0 Å². The minimum Gasteiger partial charge on any atom is -0.396 e. The highest BCUT2D eigenvalue weighted by atomic mass is 16.3. The first kappa shape index (κ1) is 17.1. The van der Waals surface area contributed by atoms with Crippen LogP contribution in [0, 0.1) is 40.9 Å². The fourth-order valence-electron chi connectivity index (χ4n) is 7.34. The van der Waals surface area contributed by atoms with Crippen LogP contribution in [0.4, 0.5) is 0 Å². The molecule has 0 heterocycles. The van der Waals surface area contributed by atoms with Crippen molar-refractivity contribution in [2.24, 2.45) is 40.9 Å². The van der Waals surface area contributed by atoms with Crippen LogP contribution >= 0.6 is 0 Å². The summed E-state index contributed by atoms with van der Waals surface area (Å²) in [5.74, 6) is 4.67. The molecular formula is C22H36O2. The highest BCUT2D eigenvalue weighted by Gasteiger charge is 2.55. The van der Waals surface area contributed by atoms with Crippen LogP contribution in [0.5, 0.6) is 0 Å². The van der Waals surface area contributed by atoms with E-state index < -0.39 is 5.60 Å². The fraction of sp³-hybridized carbons (Fsp3) is 0.909. The number of aliphatic hydroxyl groups is 2. The maximum Gasteiger partial charge on any atom is 0.0657 e. The highest BCUT2D eigenvalue weighted by molar-refractivity contribution is 5.26. The van der Waals surface area contributed by atoms with Crippen LogP contribution in [0.2, 0.25) is 0 Å². The van der Waals surface area contributed by atoms with Gasteiger partial charge >= 0.3 is 0 Å². The molecule has 0 aromatic carbocycles. The molecule has 2 nitrogen and oxygen atoms in total. The average Bonchev–Trinajstić information content (AvgIpc) is 2.99. The van der Waals surface area contributed by atoms with Crippen LogP contribution in [0.1, 0.15) is 72.1 Å². The first-order valence-corrected chi connectivity index (χ1v) is 10.4. The first-order chi connectivity index (χ1) is 11.4. The summed E-state index contributed by atoms with van der Waals surface area (Å²) in [6, 6.07) is 0. The van der Waals surface area contributed by atoms with E-state index in [0.717, 1.165) is 42.4 Å². The van der Waals surface area contributed by atoms with E-state index >= 15 is 0 Å². The van der Waals surface area contributed by atoms with Crippen molar-refractivity contribution in [1.29, 1.82) is 0 Å². The van der Waals surface area contributed by atoms with Crippen LogP contribution in [0.25, 0.3) is 0 Å². The van der Waals surface area contributed by atoms with Crippen LogP contribution < -0.4 is 0 Å². The molecule has 0 radical (unpaired) electrons. The Hall–Kier alpha value is -0.340. The average molecular weight is 333 g/mol. The molecule has 8 atom stereocenters. The van der Waals surface area contributed by atoms with Gasteiger partial charge in [-0.25, -0.2) is 0 Å². The molecule has 2 N–H and O–H groups in total. The predicted molar refractivity (Wildman–Crippen MR) is 97.4 cm³/mol. The van der Waals surface area contributed by atoms with Gasteiger partial charge in [0, 0.05) is 6.61 Å². The van der Waals surface area contributed by atoms with E-state index in [0.29, 0.717) is 17.9 Å². The fourth-order valence-corrected chi connectivity index (χ4v) is 7.34. The van der Waals surface area contributed by atoms with Crippen LogP contribution in [-0.2, 0) is 0 Å². The topological polar surface area (TPSA) is 40.5 Å². The molecule has 4 aliphatic rings. The lowest BCUT2D eigenvalue weighted by molar-refractivity contribution is -0.0438. The molecule has 3 fully saturated rings. The van der Waals surface area contributed by atoms with E-state index in [1.54, 1.807) is 5.57 Å². The Labute approximate surface area is 147 Å². The van der Waals surface area contributed by atoms with Crippen molar-refractivity contribution in [3.05, 3.63) is 11.6 Å². The highest BCUT2D eigenvalue weighted by Crippen LogP contribution is 2.63. The van der Waals surface area contributed by atoms with Gasteiger partial charge in [-0.2, -0.15) is 0 Å². The number of aliphatic hydroxyl groups excluding tert-OH is 1. The van der Waals surface area contributed by atoms with E-state index in [1.165, 1.54) is 38.5 Å². The minimum atomic E-state index is -0.482. The molecule has 0 amide bonds. The smallest absolute Gasteiger partial charge is 0.0657 e. The van der Waals surface area contributed by atoms with Gasteiger partial charge in [0.25, 0.3) is 0 Å². The molecule has 4 aliphatic carbocycles. The predicted octanol–water partition coefficient (Wildman–Crippen LogP) is 4.55. The van der Waals surface area contributed by atoms with Gasteiger partial charge in [-0.15, -0.1) is 0 Å². The Kier molecular flexibility index (Phi) is 4.16. The molecule has 0 spiro atoms. The summed E-state index contributed by atoms with van der Waals surface area (Å²) in [5.41, 5.74) is 1.43. The molecule has 0 aromatic rings. The maximum absolute atomic E-state index is 10.5. The first-order valence-electron chi connectivity index (χ1n) is 10.4. The number of rotatable bonds is 2. The molecule has 24 heavy (non-hydrogen) atoms. The largest absolute Gasteiger partial charge is 0.396 e. The third-order valence-electron chi connectivity index (χ3n) is 8.77. The Morgan fingerprint density at radius 2 is 1.83 bits per heavy atom. The van der Waals surface area contributed by atoms with Gasteiger partial charge in [-0.05, 0) is 99.2 Å². The molecule has 2 heteroatoms. The zero-order chi connectivity index (χ0) is 17.1. The summed E-state index contributed by atoms with van der Waals surface area (Å²) < 4.78 is 0. The van der Waals surface area contributed by atoms with Crippen LogP contribution in [-0.4, -0.2) is 22.4 Å². The van der Waals surface area contributed by atoms with Crippen molar-refractivity contribution >= 4 is 0 Å². The second-order valence-corrected chi connectivity index (χ2v) is 10.1. The van der Waals surface area contributed by atoms with E-state index in [4.69, 9.17) is 0 Å². The summed E-state index contributed by atoms with van der Waals surface area (Å²) in [6.45, 7) is 7.14. The number of hydrogen-bond acceptors (Lipinski definition) is 2. The SMILES string of the molecule is CC(CO)[C@H]1CC[C@@H]2[C@@H]1CC[C@H]1[C@H]2CC=C2C[C@@](C)(O)CC[C@@]21C. The maximum atomic E-state index is 10.5. The number of fused-ring (bicyclic) bond motifs is 5. The molecule has 0 aromatic heterocycles. The second kappa shape index (κ2) is 5.84. The lowest BCUT2D eigenvalue weighted by atomic mass is 9.49. The lowest BCUT2D eigenvalue weighted by Gasteiger charge is -2.56. The van der Waals surface area contributed by atoms with E-state index in [1.807, 2.05) is 6.92 Å². The van der Waals surface area contributed by atoms with Gasteiger partial charge in [-0.3, -0.25) is 0 Å². The van der Waals surface area contributed by atoms with Crippen molar-refractivity contribution in [2.75, 3.05) is 6.61 Å². The molecule has 4 rings (SSSR count). The normalized spacial score (nSPS) is 52.0. The standard InChI is InChI=1S/C22H36O2/c1-14(13-23)16-6-7-18-17(16)8-9-20-19(18)5-4-15-12-21(2,24)10-11-22(15,20)3/h4,14,16-20,23-24H,5-13H2,1-3H3/t14?,16-,17-,18-,19+,20+,21+,22+/m1/s1. The summed E-state index contributed by atoms with van der Waals surface area (Å²) >= 11 is 0. The van der Waals surface area contributed by atoms with Crippen molar-refractivity contribution < 1.29 is 10.2 Å².